The quantitative estimate of drug-likeness (QED) is 0.453. The van der Waals surface area contributed by atoms with Gasteiger partial charge in [0.1, 0.15) is 18.0 Å². The molecule has 0 fully saturated rings. The highest BCUT2D eigenvalue weighted by molar-refractivity contribution is 7.98. The van der Waals surface area contributed by atoms with Crippen molar-refractivity contribution in [3.05, 3.63) is 48.2 Å². The predicted molar refractivity (Wildman–Crippen MR) is 119 cm³/mol. The average molecular weight is 443 g/mol. The molecule has 0 bridgehead atoms. The largest absolute Gasteiger partial charge is 0.497 e. The van der Waals surface area contributed by atoms with E-state index in [4.69, 9.17) is 15.2 Å². The fourth-order valence-electron chi connectivity index (χ4n) is 2.73. The van der Waals surface area contributed by atoms with Gasteiger partial charge in [0, 0.05) is 16.6 Å². The molecular weight excluding hydrogens is 420 g/mol. The number of amides is 2. The summed E-state index contributed by atoms with van der Waals surface area (Å²) in [6.45, 7) is -0.196. The lowest BCUT2D eigenvalue weighted by Gasteiger charge is -2.11. The minimum Gasteiger partial charge on any atom is -0.497 e. The summed E-state index contributed by atoms with van der Waals surface area (Å²) in [5, 5.41) is 13.1. The Morgan fingerprint density at radius 2 is 1.94 bits per heavy atom. The molecule has 1 heterocycles. The minimum atomic E-state index is -0.594. The van der Waals surface area contributed by atoms with Gasteiger partial charge in [0.05, 0.1) is 19.9 Å². The molecule has 0 radical (unpaired) electrons. The van der Waals surface area contributed by atoms with E-state index in [1.807, 2.05) is 24.5 Å². The van der Waals surface area contributed by atoms with Crippen LogP contribution in [0.1, 0.15) is 10.5 Å². The molecule has 10 nitrogen and oxygen atoms in total. The van der Waals surface area contributed by atoms with E-state index < -0.39 is 5.91 Å². The van der Waals surface area contributed by atoms with Crippen LogP contribution in [0.2, 0.25) is 0 Å². The van der Waals surface area contributed by atoms with E-state index in [0.717, 1.165) is 9.58 Å². The van der Waals surface area contributed by atoms with Crippen LogP contribution in [0.5, 0.6) is 11.5 Å². The molecule has 1 aromatic heterocycles. The van der Waals surface area contributed by atoms with Crippen LogP contribution in [0.4, 0.5) is 17.2 Å². The number of anilines is 3. The van der Waals surface area contributed by atoms with Crippen molar-refractivity contribution in [2.45, 2.75) is 11.4 Å². The second kappa shape index (κ2) is 9.85. The number of rotatable bonds is 8. The highest BCUT2D eigenvalue weighted by Crippen LogP contribution is 2.29. The SMILES string of the molecule is COc1ccc(OC)c(NC(=O)c2nnn(CC(=O)Nc3cccc(SC)c3)c2N)c1. The molecule has 3 rings (SSSR count). The van der Waals surface area contributed by atoms with Crippen LogP contribution in [0.25, 0.3) is 0 Å². The maximum Gasteiger partial charge on any atom is 0.280 e. The maximum atomic E-state index is 12.7. The third-order valence-electron chi connectivity index (χ3n) is 4.29. The van der Waals surface area contributed by atoms with Crippen molar-refractivity contribution in [3.63, 3.8) is 0 Å². The van der Waals surface area contributed by atoms with Gasteiger partial charge in [-0.3, -0.25) is 9.59 Å². The molecule has 0 aliphatic carbocycles. The molecule has 0 atom stereocenters. The standard InChI is InChI=1S/C20H22N6O4S/c1-29-13-7-8-16(30-2)15(10-13)23-20(28)18-19(21)26(25-24-18)11-17(27)22-12-5-4-6-14(9-12)31-3/h4-10H,11,21H2,1-3H3,(H,22,27)(H,23,28). The van der Waals surface area contributed by atoms with Crippen LogP contribution < -0.4 is 25.8 Å². The first kappa shape index (κ1) is 22.0. The Labute approximate surface area is 183 Å². The van der Waals surface area contributed by atoms with E-state index in [0.29, 0.717) is 22.9 Å². The van der Waals surface area contributed by atoms with Gasteiger partial charge in [-0.15, -0.1) is 16.9 Å². The van der Waals surface area contributed by atoms with Crippen LogP contribution in [-0.4, -0.2) is 47.3 Å². The van der Waals surface area contributed by atoms with Gasteiger partial charge in [-0.05, 0) is 36.6 Å². The number of aromatic nitrogens is 3. The van der Waals surface area contributed by atoms with Gasteiger partial charge < -0.3 is 25.8 Å². The van der Waals surface area contributed by atoms with E-state index in [9.17, 15) is 9.59 Å². The van der Waals surface area contributed by atoms with Gasteiger partial charge in [-0.1, -0.05) is 11.3 Å². The molecule has 2 aromatic carbocycles. The lowest BCUT2D eigenvalue weighted by Crippen LogP contribution is -2.21. The van der Waals surface area contributed by atoms with Gasteiger partial charge in [0.2, 0.25) is 5.91 Å². The number of carbonyl (C=O) groups excluding carboxylic acids is 2. The fourth-order valence-corrected chi connectivity index (χ4v) is 3.19. The lowest BCUT2D eigenvalue weighted by molar-refractivity contribution is -0.116. The van der Waals surface area contributed by atoms with Gasteiger partial charge in [0.25, 0.3) is 5.91 Å². The van der Waals surface area contributed by atoms with Crippen LogP contribution in [0.15, 0.2) is 47.4 Å². The number of nitrogens with one attached hydrogen (secondary N) is 2. The molecule has 0 unspecified atom stereocenters. The highest BCUT2D eigenvalue weighted by Gasteiger charge is 2.20. The number of nitrogen functional groups attached to an aromatic ring is 1. The Morgan fingerprint density at radius 3 is 2.65 bits per heavy atom. The number of hydrogen-bond donors (Lipinski definition) is 3. The van der Waals surface area contributed by atoms with Crippen molar-refractivity contribution in [3.8, 4) is 11.5 Å². The molecule has 0 aliphatic rings. The Bertz CT molecular complexity index is 1100. The first-order valence-electron chi connectivity index (χ1n) is 9.11. The summed E-state index contributed by atoms with van der Waals surface area (Å²) in [6, 6.07) is 12.4. The lowest BCUT2D eigenvalue weighted by atomic mass is 10.2. The summed E-state index contributed by atoms with van der Waals surface area (Å²) in [5.41, 5.74) is 6.93. The van der Waals surface area contributed by atoms with Gasteiger partial charge in [-0.25, -0.2) is 4.68 Å². The minimum absolute atomic E-state index is 0.0348. The van der Waals surface area contributed by atoms with E-state index in [-0.39, 0.29) is 24.0 Å². The first-order valence-corrected chi connectivity index (χ1v) is 10.3. The maximum absolute atomic E-state index is 12.7. The zero-order valence-corrected chi connectivity index (χ0v) is 18.0. The number of benzene rings is 2. The van der Waals surface area contributed by atoms with Crippen molar-refractivity contribution in [2.24, 2.45) is 0 Å². The first-order chi connectivity index (χ1) is 14.9. The van der Waals surface area contributed by atoms with Gasteiger partial charge in [-0.2, -0.15) is 0 Å². The number of ether oxygens (including phenoxy) is 2. The Balaban J connectivity index is 1.71. The van der Waals surface area contributed by atoms with Crippen molar-refractivity contribution < 1.29 is 19.1 Å². The molecule has 0 aliphatic heterocycles. The van der Waals surface area contributed by atoms with Gasteiger partial charge >= 0.3 is 0 Å². The molecule has 4 N–H and O–H groups in total. The molecule has 0 saturated carbocycles. The number of nitrogens with two attached hydrogens (primary N) is 1. The summed E-state index contributed by atoms with van der Waals surface area (Å²) in [7, 11) is 3.00. The average Bonchev–Trinajstić information content (AvgIpc) is 3.13. The summed E-state index contributed by atoms with van der Waals surface area (Å²) in [4.78, 5) is 26.0. The summed E-state index contributed by atoms with van der Waals surface area (Å²) in [5.74, 6) is -0.00561. The van der Waals surface area contributed by atoms with E-state index in [2.05, 4.69) is 20.9 Å². The molecule has 11 heteroatoms. The Hall–Kier alpha value is -3.73. The topological polar surface area (TPSA) is 133 Å². The zero-order valence-electron chi connectivity index (χ0n) is 17.2. The van der Waals surface area contributed by atoms with Crippen molar-refractivity contribution in [2.75, 3.05) is 36.8 Å². The molecule has 162 valence electrons. The number of methoxy groups -OCH3 is 2. The van der Waals surface area contributed by atoms with Crippen molar-refractivity contribution >= 4 is 40.8 Å². The molecule has 0 saturated heterocycles. The van der Waals surface area contributed by atoms with Crippen molar-refractivity contribution in [1.29, 1.82) is 0 Å². The van der Waals surface area contributed by atoms with E-state index in [1.165, 1.54) is 14.2 Å². The second-order valence-corrected chi connectivity index (χ2v) is 7.16. The van der Waals surface area contributed by atoms with Crippen LogP contribution >= 0.6 is 11.8 Å². The smallest absolute Gasteiger partial charge is 0.280 e. The summed E-state index contributed by atoms with van der Waals surface area (Å²) >= 11 is 1.57. The van der Waals surface area contributed by atoms with Crippen LogP contribution in [-0.2, 0) is 11.3 Å². The van der Waals surface area contributed by atoms with Crippen LogP contribution in [0, 0.1) is 0 Å². The molecule has 0 spiro atoms. The third-order valence-corrected chi connectivity index (χ3v) is 5.02. The summed E-state index contributed by atoms with van der Waals surface area (Å²) in [6.07, 6.45) is 1.95. The van der Waals surface area contributed by atoms with E-state index >= 15 is 0 Å². The zero-order chi connectivity index (χ0) is 22.4. The van der Waals surface area contributed by atoms with Crippen LogP contribution in [0.3, 0.4) is 0 Å². The monoisotopic (exact) mass is 442 g/mol. The number of thioether (sulfide) groups is 1. The normalized spacial score (nSPS) is 10.4. The number of carbonyl (C=O) groups is 2. The molecule has 2 amide bonds. The number of nitrogens with zero attached hydrogens (tertiary/aromatic N) is 3. The fraction of sp³-hybridized carbons (Fsp3) is 0.200. The molecular formula is C20H22N6O4S. The predicted octanol–water partition coefficient (Wildman–Crippen LogP) is 2.49. The number of hydrogen-bond acceptors (Lipinski definition) is 8. The third kappa shape index (κ3) is 5.25. The second-order valence-electron chi connectivity index (χ2n) is 6.28. The van der Waals surface area contributed by atoms with Gasteiger partial charge in [0.15, 0.2) is 11.5 Å². The molecule has 31 heavy (non-hydrogen) atoms. The van der Waals surface area contributed by atoms with Crippen molar-refractivity contribution in [1.82, 2.24) is 15.0 Å². The highest BCUT2D eigenvalue weighted by atomic mass is 32.2. The molecule has 3 aromatic rings. The summed E-state index contributed by atoms with van der Waals surface area (Å²) < 4.78 is 11.6. The Kier molecular flexibility index (Phi) is 6.98. The van der Waals surface area contributed by atoms with E-state index in [1.54, 1.807) is 36.0 Å². The Morgan fingerprint density at radius 1 is 1.13 bits per heavy atom.